The Morgan fingerprint density at radius 1 is 1.18 bits per heavy atom. The van der Waals surface area contributed by atoms with Gasteiger partial charge in [0.05, 0.1) is 11.3 Å². The van der Waals surface area contributed by atoms with Gasteiger partial charge in [-0.05, 0) is 54.8 Å². The number of hydrogen-bond acceptors (Lipinski definition) is 2. The second kappa shape index (κ2) is 6.02. The number of carboxylic acid groups (broad SMARTS) is 1. The summed E-state index contributed by atoms with van der Waals surface area (Å²) in [5.74, 6) is -0.983. The van der Waals surface area contributed by atoms with E-state index in [1.807, 2.05) is 12.1 Å². The molecule has 1 atom stereocenters. The van der Waals surface area contributed by atoms with E-state index in [1.165, 1.54) is 12.1 Å². The van der Waals surface area contributed by atoms with E-state index in [-0.39, 0.29) is 11.4 Å². The second-order valence-electron chi connectivity index (χ2n) is 5.35. The molecule has 1 aliphatic carbocycles. The summed E-state index contributed by atoms with van der Waals surface area (Å²) < 4.78 is 13.0. The predicted octanol–water partition coefficient (Wildman–Crippen LogP) is 4.70. The zero-order valence-electron chi connectivity index (χ0n) is 11.9. The first-order valence-corrected chi connectivity index (χ1v) is 7.20. The number of halogens is 1. The van der Waals surface area contributed by atoms with Gasteiger partial charge < -0.3 is 10.4 Å². The third kappa shape index (κ3) is 3.01. The predicted molar refractivity (Wildman–Crippen MR) is 84.2 cm³/mol. The molecular formula is C18H16FNO2. The highest BCUT2D eigenvalue weighted by atomic mass is 19.1. The first-order valence-electron chi connectivity index (χ1n) is 7.20. The van der Waals surface area contributed by atoms with Gasteiger partial charge in [0, 0.05) is 11.6 Å². The van der Waals surface area contributed by atoms with Crippen molar-refractivity contribution in [2.45, 2.75) is 18.8 Å². The van der Waals surface area contributed by atoms with E-state index in [0.29, 0.717) is 17.3 Å². The molecule has 0 bridgehead atoms. The summed E-state index contributed by atoms with van der Waals surface area (Å²) in [6.07, 6.45) is 6.38. The van der Waals surface area contributed by atoms with E-state index >= 15 is 0 Å². The molecule has 0 radical (unpaired) electrons. The van der Waals surface area contributed by atoms with Gasteiger partial charge in [0.1, 0.15) is 5.82 Å². The van der Waals surface area contributed by atoms with Crippen molar-refractivity contribution in [3.63, 3.8) is 0 Å². The summed E-state index contributed by atoms with van der Waals surface area (Å²) >= 11 is 0. The number of nitrogens with one attached hydrogen (secondary N) is 1. The number of anilines is 2. The molecule has 112 valence electrons. The number of carboxylic acids is 1. The number of carbonyl (C=O) groups is 1. The molecule has 3 rings (SSSR count). The van der Waals surface area contributed by atoms with Crippen LogP contribution in [0.2, 0.25) is 0 Å². The van der Waals surface area contributed by atoms with E-state index in [0.717, 1.165) is 18.4 Å². The Labute approximate surface area is 128 Å². The number of allylic oxidation sites excluding steroid dienone is 2. The minimum atomic E-state index is -0.988. The molecule has 0 aliphatic heterocycles. The van der Waals surface area contributed by atoms with Gasteiger partial charge in [-0.3, -0.25) is 0 Å². The Hall–Kier alpha value is -2.62. The summed E-state index contributed by atoms with van der Waals surface area (Å²) in [5.41, 5.74) is 2.47. The van der Waals surface area contributed by atoms with Crippen molar-refractivity contribution in [2.24, 2.45) is 0 Å². The van der Waals surface area contributed by atoms with Crippen molar-refractivity contribution in [1.29, 1.82) is 0 Å². The highest BCUT2D eigenvalue weighted by molar-refractivity contribution is 5.95. The van der Waals surface area contributed by atoms with Crippen molar-refractivity contribution in [3.8, 4) is 0 Å². The van der Waals surface area contributed by atoms with E-state index in [2.05, 4.69) is 17.5 Å². The maximum atomic E-state index is 13.0. The lowest BCUT2D eigenvalue weighted by atomic mass is 9.96. The number of aromatic carboxylic acids is 1. The van der Waals surface area contributed by atoms with E-state index in [1.54, 1.807) is 18.2 Å². The topological polar surface area (TPSA) is 49.3 Å². The zero-order valence-corrected chi connectivity index (χ0v) is 11.9. The van der Waals surface area contributed by atoms with E-state index in [9.17, 15) is 14.3 Å². The van der Waals surface area contributed by atoms with Gasteiger partial charge in [-0.15, -0.1) is 0 Å². The van der Waals surface area contributed by atoms with Crippen LogP contribution in [0.3, 0.4) is 0 Å². The molecule has 0 fully saturated rings. The molecule has 22 heavy (non-hydrogen) atoms. The van der Waals surface area contributed by atoms with Crippen molar-refractivity contribution < 1.29 is 14.3 Å². The summed E-state index contributed by atoms with van der Waals surface area (Å²) in [7, 11) is 0. The molecule has 0 saturated carbocycles. The molecular weight excluding hydrogens is 281 g/mol. The van der Waals surface area contributed by atoms with Crippen LogP contribution < -0.4 is 5.32 Å². The average molecular weight is 297 g/mol. The van der Waals surface area contributed by atoms with Gasteiger partial charge in [0.25, 0.3) is 0 Å². The van der Waals surface area contributed by atoms with Crippen LogP contribution in [0.25, 0.3) is 0 Å². The van der Waals surface area contributed by atoms with Crippen molar-refractivity contribution in [2.75, 3.05) is 5.32 Å². The van der Waals surface area contributed by atoms with Crippen LogP contribution in [0.4, 0.5) is 15.8 Å². The van der Waals surface area contributed by atoms with Crippen LogP contribution in [0.1, 0.15) is 34.7 Å². The van der Waals surface area contributed by atoms with Crippen molar-refractivity contribution >= 4 is 17.3 Å². The molecule has 0 spiro atoms. The van der Waals surface area contributed by atoms with Gasteiger partial charge in [0.2, 0.25) is 0 Å². The third-order valence-corrected chi connectivity index (χ3v) is 3.84. The van der Waals surface area contributed by atoms with Crippen LogP contribution in [0, 0.1) is 5.82 Å². The lowest BCUT2D eigenvalue weighted by Crippen LogP contribution is -2.04. The Kier molecular flexibility index (Phi) is 3.92. The lowest BCUT2D eigenvalue weighted by Gasteiger charge is -2.14. The highest BCUT2D eigenvalue weighted by Gasteiger charge is 2.16. The van der Waals surface area contributed by atoms with Gasteiger partial charge in [0.15, 0.2) is 0 Å². The molecule has 2 aromatic rings. The quantitative estimate of drug-likeness (QED) is 0.804. The van der Waals surface area contributed by atoms with E-state index < -0.39 is 5.97 Å². The minimum Gasteiger partial charge on any atom is -0.478 e. The lowest BCUT2D eigenvalue weighted by molar-refractivity contribution is 0.0698. The first-order chi connectivity index (χ1) is 10.6. The highest BCUT2D eigenvalue weighted by Crippen LogP contribution is 2.32. The molecule has 3 nitrogen and oxygen atoms in total. The van der Waals surface area contributed by atoms with Gasteiger partial charge >= 0.3 is 5.97 Å². The molecule has 1 unspecified atom stereocenters. The average Bonchev–Trinajstić information content (AvgIpc) is 3.03. The Bertz CT molecular complexity index is 722. The molecule has 2 N–H and O–H groups in total. The third-order valence-electron chi connectivity index (χ3n) is 3.84. The van der Waals surface area contributed by atoms with Gasteiger partial charge in [-0.25, -0.2) is 9.18 Å². The SMILES string of the molecule is O=C(O)c1ccc(C2C=CCC2)cc1Nc1ccc(F)cc1. The first kappa shape index (κ1) is 14.3. The Morgan fingerprint density at radius 3 is 2.59 bits per heavy atom. The molecule has 0 heterocycles. The summed E-state index contributed by atoms with van der Waals surface area (Å²) in [5, 5.41) is 12.4. The normalized spacial score (nSPS) is 16.7. The maximum absolute atomic E-state index is 13.0. The molecule has 4 heteroatoms. The second-order valence-corrected chi connectivity index (χ2v) is 5.35. The van der Waals surface area contributed by atoms with Crippen LogP contribution in [-0.2, 0) is 0 Å². The molecule has 0 aromatic heterocycles. The van der Waals surface area contributed by atoms with Gasteiger partial charge in [-0.2, -0.15) is 0 Å². The minimum absolute atomic E-state index is 0.204. The van der Waals surface area contributed by atoms with Gasteiger partial charge in [-0.1, -0.05) is 18.2 Å². The van der Waals surface area contributed by atoms with Crippen LogP contribution >= 0.6 is 0 Å². The monoisotopic (exact) mass is 297 g/mol. The number of hydrogen-bond donors (Lipinski definition) is 2. The summed E-state index contributed by atoms with van der Waals surface area (Å²) in [6.45, 7) is 0. The largest absolute Gasteiger partial charge is 0.478 e. The Morgan fingerprint density at radius 2 is 1.95 bits per heavy atom. The van der Waals surface area contributed by atoms with Crippen LogP contribution in [0.5, 0.6) is 0 Å². The van der Waals surface area contributed by atoms with Crippen LogP contribution in [0.15, 0.2) is 54.6 Å². The zero-order chi connectivity index (χ0) is 15.5. The molecule has 0 amide bonds. The standard InChI is InChI=1S/C18H16FNO2/c19-14-6-8-15(9-7-14)20-17-11-13(12-3-1-2-4-12)5-10-16(17)18(21)22/h1,3,5-12,20H,2,4H2,(H,21,22). The molecule has 0 saturated heterocycles. The molecule has 2 aromatic carbocycles. The van der Waals surface area contributed by atoms with Crippen LogP contribution in [-0.4, -0.2) is 11.1 Å². The fourth-order valence-electron chi connectivity index (χ4n) is 2.68. The number of benzene rings is 2. The summed E-state index contributed by atoms with van der Waals surface area (Å²) in [6, 6.07) is 11.2. The van der Waals surface area contributed by atoms with Crippen molar-refractivity contribution in [1.82, 2.24) is 0 Å². The fourth-order valence-corrected chi connectivity index (χ4v) is 2.68. The van der Waals surface area contributed by atoms with E-state index in [4.69, 9.17) is 0 Å². The maximum Gasteiger partial charge on any atom is 0.337 e. The molecule has 1 aliphatic rings. The summed E-state index contributed by atoms with van der Waals surface area (Å²) in [4.78, 5) is 11.4. The number of rotatable bonds is 4. The Balaban J connectivity index is 1.95. The fraction of sp³-hybridized carbons (Fsp3) is 0.167. The van der Waals surface area contributed by atoms with Crippen molar-refractivity contribution in [3.05, 3.63) is 71.6 Å². The smallest absolute Gasteiger partial charge is 0.337 e.